The number of hydrogen-bond acceptors (Lipinski definition) is 3. The molecule has 0 bridgehead atoms. The van der Waals surface area contributed by atoms with Gasteiger partial charge >= 0.3 is 0 Å². The van der Waals surface area contributed by atoms with Gasteiger partial charge in [-0.1, -0.05) is 26.0 Å². The smallest absolute Gasteiger partial charge is 0.141 e. The van der Waals surface area contributed by atoms with Crippen LogP contribution in [0.25, 0.3) is 22.4 Å². The second-order valence-electron chi connectivity index (χ2n) is 6.28. The molecule has 0 atom stereocenters. The average Bonchev–Trinajstić information content (AvgIpc) is 3.04. The van der Waals surface area contributed by atoms with Crippen LogP contribution in [0.3, 0.4) is 0 Å². The molecule has 4 nitrogen and oxygen atoms in total. The fraction of sp³-hybridized carbons (Fsp3) is 0.381. The summed E-state index contributed by atoms with van der Waals surface area (Å²) in [6, 6.07) is 16.9. The van der Waals surface area contributed by atoms with Crippen LogP contribution in [0.4, 0.5) is 5.69 Å². The van der Waals surface area contributed by atoms with Crippen molar-refractivity contribution < 1.29 is 0 Å². The summed E-state index contributed by atoms with van der Waals surface area (Å²) in [5, 5.41) is 3.17. The molecule has 0 saturated heterocycles. The van der Waals surface area contributed by atoms with Gasteiger partial charge in [-0.25, -0.2) is 4.98 Å². The van der Waals surface area contributed by atoms with Crippen LogP contribution in [0.1, 0.15) is 20.3 Å². The molecule has 0 aliphatic carbocycles. The Labute approximate surface area is 150 Å². The highest BCUT2D eigenvalue weighted by Gasteiger charge is 2.12. The molecule has 0 spiro atoms. The molecule has 0 aliphatic heterocycles. The van der Waals surface area contributed by atoms with E-state index < -0.39 is 0 Å². The van der Waals surface area contributed by atoms with Crippen LogP contribution in [0.15, 0.2) is 48.5 Å². The highest BCUT2D eigenvalue weighted by Crippen LogP contribution is 2.26. The summed E-state index contributed by atoms with van der Waals surface area (Å²) in [5.74, 6) is 1.06. The van der Waals surface area contributed by atoms with Crippen LogP contribution in [0.2, 0.25) is 0 Å². The predicted octanol–water partition coefficient (Wildman–Crippen LogP) is 4.48. The van der Waals surface area contributed by atoms with Gasteiger partial charge in [0, 0.05) is 24.8 Å². The number of anilines is 1. The third-order valence-electron chi connectivity index (χ3n) is 4.84. The lowest BCUT2D eigenvalue weighted by Gasteiger charge is -2.18. The summed E-state index contributed by atoms with van der Waals surface area (Å²) in [6.45, 7) is 8.78. The fourth-order valence-corrected chi connectivity index (χ4v) is 3.30. The summed E-state index contributed by atoms with van der Waals surface area (Å²) in [4.78, 5) is 7.38. The molecule has 3 aromatic rings. The van der Waals surface area contributed by atoms with Gasteiger partial charge in [0.2, 0.25) is 0 Å². The molecule has 4 heteroatoms. The molecule has 0 saturated carbocycles. The first-order chi connectivity index (χ1) is 12.3. The van der Waals surface area contributed by atoms with E-state index in [1.807, 2.05) is 7.05 Å². The molecule has 0 amide bonds. The summed E-state index contributed by atoms with van der Waals surface area (Å²) >= 11 is 0. The fourth-order valence-electron chi connectivity index (χ4n) is 3.30. The molecule has 0 unspecified atom stereocenters. The van der Waals surface area contributed by atoms with Crippen LogP contribution in [-0.4, -0.2) is 41.1 Å². The topological polar surface area (TPSA) is 33.1 Å². The number of rotatable bonds is 8. The van der Waals surface area contributed by atoms with Gasteiger partial charge in [0.05, 0.1) is 11.0 Å². The first kappa shape index (κ1) is 17.5. The molecule has 3 rings (SSSR count). The molecule has 2 aromatic carbocycles. The first-order valence-electron chi connectivity index (χ1n) is 9.22. The zero-order chi connectivity index (χ0) is 17.6. The van der Waals surface area contributed by atoms with Crippen molar-refractivity contribution in [1.29, 1.82) is 0 Å². The number of hydrogen-bond donors (Lipinski definition) is 1. The van der Waals surface area contributed by atoms with E-state index in [1.165, 1.54) is 5.52 Å². The van der Waals surface area contributed by atoms with Crippen molar-refractivity contribution in [3.05, 3.63) is 48.5 Å². The zero-order valence-corrected chi connectivity index (χ0v) is 15.5. The van der Waals surface area contributed by atoms with Gasteiger partial charge in [-0.05, 0) is 62.5 Å². The Morgan fingerprint density at radius 1 is 1.00 bits per heavy atom. The summed E-state index contributed by atoms with van der Waals surface area (Å²) in [7, 11) is 1.94. The average molecular weight is 336 g/mol. The van der Waals surface area contributed by atoms with E-state index >= 15 is 0 Å². The number of fused-ring (bicyclic) bond motifs is 1. The van der Waals surface area contributed by atoms with Crippen molar-refractivity contribution >= 4 is 16.7 Å². The standard InChI is InChI=1S/C21H28N4/c1-4-24(5-2)15-8-16-25-20-10-7-6-9-19(20)23-21(25)17-11-13-18(22-3)14-12-17/h6-7,9-14,22H,4-5,8,15-16H2,1-3H3. The minimum Gasteiger partial charge on any atom is -0.388 e. The molecule has 1 aromatic heterocycles. The number of aromatic nitrogens is 2. The number of nitrogens with one attached hydrogen (secondary N) is 1. The van der Waals surface area contributed by atoms with Crippen molar-refractivity contribution in [3.8, 4) is 11.4 Å². The lowest BCUT2D eigenvalue weighted by molar-refractivity contribution is 0.294. The van der Waals surface area contributed by atoms with Gasteiger partial charge in [-0.2, -0.15) is 0 Å². The molecular weight excluding hydrogens is 308 g/mol. The van der Waals surface area contributed by atoms with E-state index in [9.17, 15) is 0 Å². The van der Waals surface area contributed by atoms with Crippen LogP contribution >= 0.6 is 0 Å². The van der Waals surface area contributed by atoms with Crippen molar-refractivity contribution in [1.82, 2.24) is 14.5 Å². The van der Waals surface area contributed by atoms with Gasteiger partial charge in [-0.15, -0.1) is 0 Å². The highest BCUT2D eigenvalue weighted by molar-refractivity contribution is 5.80. The maximum absolute atomic E-state index is 4.91. The van der Waals surface area contributed by atoms with Gasteiger partial charge in [0.25, 0.3) is 0 Å². The van der Waals surface area contributed by atoms with E-state index in [2.05, 4.69) is 77.2 Å². The number of aryl methyl sites for hydroxylation is 1. The van der Waals surface area contributed by atoms with E-state index in [4.69, 9.17) is 4.98 Å². The largest absolute Gasteiger partial charge is 0.388 e. The second-order valence-corrected chi connectivity index (χ2v) is 6.28. The van der Waals surface area contributed by atoms with Gasteiger partial charge < -0.3 is 14.8 Å². The minimum absolute atomic E-state index is 0.986. The Balaban J connectivity index is 1.91. The molecule has 1 N–H and O–H groups in total. The zero-order valence-electron chi connectivity index (χ0n) is 15.5. The highest BCUT2D eigenvalue weighted by atomic mass is 15.1. The van der Waals surface area contributed by atoms with Crippen molar-refractivity contribution in [3.63, 3.8) is 0 Å². The Morgan fingerprint density at radius 2 is 1.72 bits per heavy atom. The summed E-state index contributed by atoms with van der Waals surface area (Å²) in [5.41, 5.74) is 4.57. The molecule has 1 heterocycles. The quantitative estimate of drug-likeness (QED) is 0.658. The monoisotopic (exact) mass is 336 g/mol. The van der Waals surface area contributed by atoms with E-state index in [0.29, 0.717) is 0 Å². The van der Waals surface area contributed by atoms with E-state index in [1.54, 1.807) is 0 Å². The number of imidazole rings is 1. The molecule has 25 heavy (non-hydrogen) atoms. The van der Waals surface area contributed by atoms with Gasteiger partial charge in [0.1, 0.15) is 5.82 Å². The first-order valence-corrected chi connectivity index (χ1v) is 9.22. The Bertz CT molecular complexity index is 800. The van der Waals surface area contributed by atoms with Gasteiger partial charge in [-0.3, -0.25) is 0 Å². The lowest BCUT2D eigenvalue weighted by atomic mass is 10.2. The number of nitrogens with zero attached hydrogens (tertiary/aromatic N) is 3. The molecule has 0 aliphatic rings. The van der Waals surface area contributed by atoms with Crippen LogP contribution in [0, 0.1) is 0 Å². The summed E-state index contributed by atoms with van der Waals surface area (Å²) in [6.07, 6.45) is 1.13. The van der Waals surface area contributed by atoms with Crippen molar-refractivity contribution in [2.24, 2.45) is 0 Å². The third-order valence-corrected chi connectivity index (χ3v) is 4.84. The maximum Gasteiger partial charge on any atom is 0.141 e. The van der Waals surface area contributed by atoms with E-state index in [-0.39, 0.29) is 0 Å². The second kappa shape index (κ2) is 8.17. The van der Waals surface area contributed by atoms with Crippen LogP contribution in [0.5, 0.6) is 0 Å². The Kier molecular flexibility index (Phi) is 5.71. The minimum atomic E-state index is 0.986. The third kappa shape index (κ3) is 3.85. The molecule has 0 radical (unpaired) electrons. The molecule has 0 fully saturated rings. The van der Waals surface area contributed by atoms with Gasteiger partial charge in [0.15, 0.2) is 0 Å². The van der Waals surface area contributed by atoms with Crippen molar-refractivity contribution in [2.45, 2.75) is 26.8 Å². The summed E-state index contributed by atoms with van der Waals surface area (Å²) < 4.78 is 2.37. The lowest BCUT2D eigenvalue weighted by Crippen LogP contribution is -2.24. The normalized spacial score (nSPS) is 11.4. The number of para-hydroxylation sites is 2. The maximum atomic E-state index is 4.91. The Morgan fingerprint density at radius 3 is 2.40 bits per heavy atom. The number of benzene rings is 2. The van der Waals surface area contributed by atoms with Crippen LogP contribution < -0.4 is 5.32 Å². The molecular formula is C21H28N4. The van der Waals surface area contributed by atoms with Crippen LogP contribution in [-0.2, 0) is 6.54 Å². The predicted molar refractivity (Wildman–Crippen MR) is 107 cm³/mol. The van der Waals surface area contributed by atoms with E-state index in [0.717, 1.165) is 55.2 Å². The SMILES string of the molecule is CCN(CC)CCCn1c(-c2ccc(NC)cc2)nc2ccccc21. The molecule has 132 valence electrons. The Hall–Kier alpha value is -2.33. The van der Waals surface area contributed by atoms with Crippen molar-refractivity contribution in [2.75, 3.05) is 32.0 Å².